The third kappa shape index (κ3) is 2.53. The maximum Gasteiger partial charge on any atom is 0.309 e. The van der Waals surface area contributed by atoms with Gasteiger partial charge in [-0.2, -0.15) is 0 Å². The van der Waals surface area contributed by atoms with Crippen LogP contribution in [0.4, 0.5) is 0 Å². The Morgan fingerprint density at radius 3 is 2.32 bits per heavy atom. The number of esters is 1. The lowest BCUT2D eigenvalue weighted by atomic mass is 9.69. The van der Waals surface area contributed by atoms with Crippen molar-refractivity contribution in [2.24, 2.45) is 47.3 Å². The largest absolute Gasteiger partial charge is 0.459 e. The van der Waals surface area contributed by atoms with Gasteiger partial charge in [-0.25, -0.2) is 0 Å². The van der Waals surface area contributed by atoms with Crippen LogP contribution in [0.1, 0.15) is 71.6 Å². The van der Waals surface area contributed by atoms with E-state index < -0.39 is 0 Å². The number of rotatable bonds is 3. The molecule has 7 unspecified atom stereocenters. The molecule has 2 nitrogen and oxygen atoms in total. The Morgan fingerprint density at radius 2 is 1.60 bits per heavy atom. The summed E-state index contributed by atoms with van der Waals surface area (Å²) < 4.78 is 6.24. The summed E-state index contributed by atoms with van der Waals surface area (Å²) in [5.74, 6) is 5.62. The van der Waals surface area contributed by atoms with Crippen LogP contribution in [0.5, 0.6) is 0 Å². The zero-order valence-corrected chi connectivity index (χ0v) is 16.0. The molecular weight excluding hydrogens is 308 g/mol. The summed E-state index contributed by atoms with van der Waals surface area (Å²) in [6.45, 7) is 4.36. The predicted molar refractivity (Wildman–Crippen MR) is 98.8 cm³/mol. The molecule has 138 valence electrons. The van der Waals surface area contributed by atoms with Crippen molar-refractivity contribution >= 4 is 5.97 Å². The molecule has 7 atom stereocenters. The Labute approximate surface area is 152 Å². The third-order valence-corrected chi connectivity index (χ3v) is 8.77. The van der Waals surface area contributed by atoms with Crippen molar-refractivity contribution in [3.8, 4) is 0 Å². The average molecular weight is 343 g/mol. The second kappa shape index (κ2) is 5.86. The second-order valence-corrected chi connectivity index (χ2v) is 10.3. The fourth-order valence-corrected chi connectivity index (χ4v) is 7.68. The molecular formula is C23H34O2. The van der Waals surface area contributed by atoms with Gasteiger partial charge in [-0.15, -0.1) is 0 Å². The zero-order chi connectivity index (χ0) is 17.2. The van der Waals surface area contributed by atoms with Crippen molar-refractivity contribution in [2.75, 3.05) is 0 Å². The average Bonchev–Trinajstić information content (AvgIpc) is 3.30. The molecule has 0 aromatic heterocycles. The quantitative estimate of drug-likeness (QED) is 0.298. The summed E-state index contributed by atoms with van der Waals surface area (Å²) in [4.78, 5) is 13.1. The summed E-state index contributed by atoms with van der Waals surface area (Å²) in [7, 11) is 0. The van der Waals surface area contributed by atoms with E-state index in [4.69, 9.17) is 4.74 Å². The number of fused-ring (bicyclic) bond motifs is 9. The lowest BCUT2D eigenvalue weighted by Crippen LogP contribution is -2.41. The van der Waals surface area contributed by atoms with Gasteiger partial charge in [0.05, 0.1) is 5.92 Å². The molecule has 0 radical (unpaired) electrons. The zero-order valence-electron chi connectivity index (χ0n) is 16.0. The van der Waals surface area contributed by atoms with Crippen LogP contribution in [-0.2, 0) is 9.53 Å². The molecule has 2 heteroatoms. The first-order valence-electron chi connectivity index (χ1n) is 11.0. The molecule has 0 heterocycles. The first-order chi connectivity index (χ1) is 12.0. The minimum atomic E-state index is -0.281. The maximum atomic E-state index is 13.1. The van der Waals surface area contributed by atoms with Crippen molar-refractivity contribution in [2.45, 2.75) is 77.2 Å². The molecule has 5 aliphatic carbocycles. The molecule has 5 aliphatic rings. The highest BCUT2D eigenvalue weighted by atomic mass is 16.6. The van der Waals surface area contributed by atoms with Crippen LogP contribution in [0.25, 0.3) is 0 Å². The van der Waals surface area contributed by atoms with Crippen molar-refractivity contribution in [3.63, 3.8) is 0 Å². The van der Waals surface area contributed by atoms with E-state index in [1.165, 1.54) is 51.4 Å². The van der Waals surface area contributed by atoms with Gasteiger partial charge in [0.1, 0.15) is 5.60 Å². The third-order valence-electron chi connectivity index (χ3n) is 8.77. The molecule has 0 aliphatic heterocycles. The minimum absolute atomic E-state index is 0.145. The maximum absolute atomic E-state index is 13.1. The number of hydrogen-bond donors (Lipinski definition) is 0. The molecule has 0 amide bonds. The van der Waals surface area contributed by atoms with Crippen LogP contribution in [-0.4, -0.2) is 11.6 Å². The Bertz CT molecular complexity index is 569. The van der Waals surface area contributed by atoms with Crippen molar-refractivity contribution < 1.29 is 9.53 Å². The second-order valence-electron chi connectivity index (χ2n) is 10.3. The SMILES string of the molecule is CC(C)(OC(=O)C1CC2CC1C1C3C=CC(C3)C21)C1CCCCCC1. The van der Waals surface area contributed by atoms with Gasteiger partial charge in [-0.05, 0) is 87.4 Å². The van der Waals surface area contributed by atoms with Gasteiger partial charge in [-0.1, -0.05) is 37.8 Å². The number of hydrogen-bond acceptors (Lipinski definition) is 2. The first kappa shape index (κ1) is 16.4. The fourth-order valence-electron chi connectivity index (χ4n) is 7.68. The van der Waals surface area contributed by atoms with E-state index in [2.05, 4.69) is 26.0 Å². The van der Waals surface area contributed by atoms with Crippen LogP contribution >= 0.6 is 0 Å². The standard InChI is InChI=1S/C23H34O2/c1-23(2,17-7-5-3-4-6-8-17)25-22(24)19-13-16-12-18(19)21-15-10-9-14(11-15)20(16)21/h9-10,14-21H,3-8,11-13H2,1-2H3. The van der Waals surface area contributed by atoms with Crippen LogP contribution in [0.3, 0.4) is 0 Å². The summed E-state index contributed by atoms with van der Waals surface area (Å²) in [5.41, 5.74) is -0.281. The Morgan fingerprint density at radius 1 is 0.920 bits per heavy atom. The highest BCUT2D eigenvalue weighted by molar-refractivity contribution is 5.74. The van der Waals surface area contributed by atoms with Gasteiger partial charge in [0, 0.05) is 0 Å². The van der Waals surface area contributed by atoms with E-state index in [0.29, 0.717) is 11.8 Å². The number of allylic oxidation sites excluding steroid dienone is 2. The molecule has 0 N–H and O–H groups in total. The summed E-state index contributed by atoms with van der Waals surface area (Å²) in [6, 6.07) is 0. The number of carbonyl (C=O) groups excluding carboxylic acids is 1. The van der Waals surface area contributed by atoms with E-state index in [1.807, 2.05) is 0 Å². The van der Waals surface area contributed by atoms with Gasteiger partial charge in [0.25, 0.3) is 0 Å². The lowest BCUT2D eigenvalue weighted by Gasteiger charge is -2.39. The van der Waals surface area contributed by atoms with E-state index in [9.17, 15) is 4.79 Å². The van der Waals surface area contributed by atoms with Crippen LogP contribution in [0, 0.1) is 47.3 Å². The predicted octanol–water partition coefficient (Wildman–Crippen LogP) is 5.37. The van der Waals surface area contributed by atoms with Gasteiger partial charge in [-0.3, -0.25) is 4.79 Å². The molecule has 4 fully saturated rings. The smallest absolute Gasteiger partial charge is 0.309 e. The Hall–Kier alpha value is -0.790. The molecule has 5 rings (SSSR count). The first-order valence-corrected chi connectivity index (χ1v) is 11.0. The summed E-state index contributed by atoms with van der Waals surface area (Å²) >= 11 is 0. The molecule has 0 aromatic rings. The van der Waals surface area contributed by atoms with E-state index in [1.54, 1.807) is 0 Å². The Balaban J connectivity index is 1.27. The van der Waals surface area contributed by atoms with Crippen molar-refractivity contribution in [1.82, 2.24) is 0 Å². The van der Waals surface area contributed by atoms with Gasteiger partial charge < -0.3 is 4.74 Å². The van der Waals surface area contributed by atoms with Crippen LogP contribution < -0.4 is 0 Å². The minimum Gasteiger partial charge on any atom is -0.459 e. The summed E-state index contributed by atoms with van der Waals surface area (Å²) in [6.07, 6.45) is 16.5. The van der Waals surface area contributed by atoms with Gasteiger partial charge in [0.2, 0.25) is 0 Å². The van der Waals surface area contributed by atoms with Crippen molar-refractivity contribution in [1.29, 1.82) is 0 Å². The molecule has 4 saturated carbocycles. The molecule has 0 spiro atoms. The highest BCUT2D eigenvalue weighted by Gasteiger charge is 2.62. The molecule has 0 saturated heterocycles. The lowest BCUT2D eigenvalue weighted by molar-refractivity contribution is -0.170. The van der Waals surface area contributed by atoms with Crippen LogP contribution in [0.15, 0.2) is 12.2 Å². The normalized spacial score (nSPS) is 45.6. The molecule has 0 aromatic carbocycles. The van der Waals surface area contributed by atoms with E-state index in [0.717, 1.165) is 36.0 Å². The number of carbonyl (C=O) groups is 1. The topological polar surface area (TPSA) is 26.3 Å². The van der Waals surface area contributed by atoms with Gasteiger partial charge in [0.15, 0.2) is 0 Å². The molecule has 25 heavy (non-hydrogen) atoms. The summed E-state index contributed by atoms with van der Waals surface area (Å²) in [5, 5.41) is 0. The number of ether oxygens (including phenoxy) is 1. The highest BCUT2D eigenvalue weighted by Crippen LogP contribution is 2.67. The monoisotopic (exact) mass is 342 g/mol. The fraction of sp³-hybridized carbons (Fsp3) is 0.870. The molecule has 4 bridgehead atoms. The van der Waals surface area contributed by atoms with E-state index >= 15 is 0 Å². The van der Waals surface area contributed by atoms with Crippen molar-refractivity contribution in [3.05, 3.63) is 12.2 Å². The van der Waals surface area contributed by atoms with E-state index in [-0.39, 0.29) is 17.5 Å². The Kier molecular flexibility index (Phi) is 3.84. The van der Waals surface area contributed by atoms with Crippen LogP contribution in [0.2, 0.25) is 0 Å². The van der Waals surface area contributed by atoms with Gasteiger partial charge >= 0.3 is 5.97 Å².